The van der Waals surface area contributed by atoms with Crippen LogP contribution in [0.1, 0.15) is 20.3 Å². The van der Waals surface area contributed by atoms with Gasteiger partial charge in [0.2, 0.25) is 5.91 Å². The molecule has 0 N–H and O–H groups in total. The SMILES string of the molecule is CC(C)CSP(=O)(Oc1ccc([N+](=O)[O-])cc1)N(C=Nc1ccccc1)CCC(=O)N(C)C. The van der Waals surface area contributed by atoms with E-state index in [-0.39, 0.29) is 36.2 Å². The van der Waals surface area contributed by atoms with Crippen LogP contribution >= 0.6 is 18.1 Å². The van der Waals surface area contributed by atoms with Gasteiger partial charge < -0.3 is 9.42 Å². The second-order valence-corrected chi connectivity index (χ2v) is 12.2. The standard InChI is InChI=1S/C22H29N4O5PS/c1-18(2)16-33-32(30,31-21-12-10-20(11-13-21)26(28)29)25(15-14-22(27)24(3)4)17-23-19-8-6-5-7-9-19/h5-13,17-18H,14-16H2,1-4H3. The van der Waals surface area contributed by atoms with Crippen LogP contribution in [-0.4, -0.2) is 53.1 Å². The highest BCUT2D eigenvalue weighted by Crippen LogP contribution is 2.62. The minimum atomic E-state index is -3.61. The first-order chi connectivity index (χ1) is 15.6. The fraction of sp³-hybridized carbons (Fsp3) is 0.364. The number of aliphatic imine (C=N–C) groups is 1. The van der Waals surface area contributed by atoms with Gasteiger partial charge in [0, 0.05) is 44.9 Å². The molecule has 0 bridgehead atoms. The molecule has 1 amide bonds. The normalized spacial score (nSPS) is 13.0. The number of para-hydroxylation sites is 1. The molecule has 0 radical (unpaired) electrons. The maximum atomic E-state index is 14.1. The summed E-state index contributed by atoms with van der Waals surface area (Å²) in [5.41, 5.74) is 0.572. The van der Waals surface area contributed by atoms with Crippen molar-refractivity contribution in [2.75, 3.05) is 26.4 Å². The summed E-state index contributed by atoms with van der Waals surface area (Å²) >= 11 is 1.15. The molecule has 0 aromatic heterocycles. The summed E-state index contributed by atoms with van der Waals surface area (Å²) in [6, 6.07) is 14.6. The number of nitrogens with zero attached hydrogens (tertiary/aromatic N) is 4. The predicted molar refractivity (Wildman–Crippen MR) is 133 cm³/mol. The highest BCUT2D eigenvalue weighted by molar-refractivity contribution is 8.56. The summed E-state index contributed by atoms with van der Waals surface area (Å²) in [7, 11) is 3.32. The molecule has 0 aliphatic heterocycles. The molecule has 0 fully saturated rings. The maximum absolute atomic E-state index is 14.1. The third-order valence-corrected chi connectivity index (χ3v) is 9.10. The van der Waals surface area contributed by atoms with Gasteiger partial charge in [0.15, 0.2) is 0 Å². The van der Waals surface area contributed by atoms with Crippen LogP contribution in [0.25, 0.3) is 0 Å². The molecule has 9 nitrogen and oxygen atoms in total. The fourth-order valence-electron chi connectivity index (χ4n) is 2.48. The molecule has 2 aromatic rings. The van der Waals surface area contributed by atoms with E-state index in [9.17, 15) is 19.5 Å². The van der Waals surface area contributed by atoms with E-state index in [1.165, 1.54) is 40.2 Å². The van der Waals surface area contributed by atoms with E-state index in [4.69, 9.17) is 4.52 Å². The summed E-state index contributed by atoms with van der Waals surface area (Å²) < 4.78 is 21.5. The first kappa shape index (κ1) is 26.4. The molecular weight excluding hydrogens is 463 g/mol. The summed E-state index contributed by atoms with van der Waals surface area (Å²) in [6.45, 7) is 0.523. The summed E-state index contributed by atoms with van der Waals surface area (Å²) in [5, 5.41) is 11.0. The molecule has 0 aliphatic rings. The lowest BCUT2D eigenvalue weighted by atomic mass is 10.3. The molecule has 0 saturated carbocycles. The van der Waals surface area contributed by atoms with Crippen LogP contribution in [0.5, 0.6) is 5.75 Å². The average Bonchev–Trinajstić information content (AvgIpc) is 2.78. The van der Waals surface area contributed by atoms with Gasteiger partial charge in [0.25, 0.3) is 5.69 Å². The van der Waals surface area contributed by atoms with Gasteiger partial charge in [0.1, 0.15) is 5.75 Å². The van der Waals surface area contributed by atoms with Crippen LogP contribution in [-0.2, 0) is 9.36 Å². The molecule has 2 aromatic carbocycles. The van der Waals surface area contributed by atoms with E-state index in [2.05, 4.69) is 4.99 Å². The number of nitro groups is 1. The Morgan fingerprint density at radius 2 is 1.82 bits per heavy atom. The van der Waals surface area contributed by atoms with Crippen molar-refractivity contribution >= 4 is 41.7 Å². The monoisotopic (exact) mass is 492 g/mol. The van der Waals surface area contributed by atoms with Gasteiger partial charge in [-0.1, -0.05) is 32.0 Å². The van der Waals surface area contributed by atoms with Crippen LogP contribution in [0.4, 0.5) is 11.4 Å². The van der Waals surface area contributed by atoms with Gasteiger partial charge >= 0.3 is 6.72 Å². The van der Waals surface area contributed by atoms with E-state index in [1.807, 2.05) is 44.2 Å². The Morgan fingerprint density at radius 3 is 2.36 bits per heavy atom. The van der Waals surface area contributed by atoms with Gasteiger partial charge in [-0.25, -0.2) is 9.56 Å². The van der Waals surface area contributed by atoms with Crippen molar-refractivity contribution in [1.29, 1.82) is 0 Å². The number of hydrogen-bond donors (Lipinski definition) is 0. The molecule has 1 atom stereocenters. The lowest BCUT2D eigenvalue weighted by Crippen LogP contribution is -2.28. The highest BCUT2D eigenvalue weighted by Gasteiger charge is 2.34. The molecule has 0 heterocycles. The zero-order valence-electron chi connectivity index (χ0n) is 19.2. The van der Waals surface area contributed by atoms with Crippen molar-refractivity contribution in [1.82, 2.24) is 9.57 Å². The second kappa shape index (κ2) is 12.4. The lowest BCUT2D eigenvalue weighted by molar-refractivity contribution is -0.384. The average molecular weight is 493 g/mol. The smallest absolute Gasteiger partial charge is 0.403 e. The molecule has 0 spiro atoms. The Morgan fingerprint density at radius 1 is 1.18 bits per heavy atom. The molecule has 2 rings (SSSR count). The van der Waals surface area contributed by atoms with Crippen LogP contribution in [0.15, 0.2) is 59.6 Å². The summed E-state index contributed by atoms with van der Waals surface area (Å²) in [5.74, 6) is 0.892. The first-order valence-corrected chi connectivity index (χ1v) is 13.5. The Hall–Kier alpha value is -2.84. The van der Waals surface area contributed by atoms with Gasteiger partial charge in [0.05, 0.1) is 16.9 Å². The molecule has 33 heavy (non-hydrogen) atoms. The topological polar surface area (TPSA) is 105 Å². The quantitative estimate of drug-likeness (QED) is 0.125. The Labute approximate surface area is 198 Å². The number of benzene rings is 2. The summed E-state index contributed by atoms with van der Waals surface area (Å²) in [4.78, 5) is 28.6. The highest BCUT2D eigenvalue weighted by atomic mass is 32.7. The van der Waals surface area contributed by atoms with E-state index < -0.39 is 11.6 Å². The number of nitro benzene ring substituents is 1. The van der Waals surface area contributed by atoms with Crippen LogP contribution in [0, 0.1) is 16.0 Å². The van der Waals surface area contributed by atoms with Gasteiger partial charge in [-0.3, -0.25) is 19.6 Å². The number of hydrogen-bond acceptors (Lipinski definition) is 7. The third-order valence-electron chi connectivity index (χ3n) is 4.30. The maximum Gasteiger partial charge on any atom is 0.403 e. The molecule has 0 aliphatic carbocycles. The van der Waals surface area contributed by atoms with E-state index in [1.54, 1.807) is 14.1 Å². The van der Waals surface area contributed by atoms with Crippen molar-refractivity contribution in [2.45, 2.75) is 20.3 Å². The number of rotatable bonds is 12. The zero-order valence-corrected chi connectivity index (χ0v) is 20.9. The van der Waals surface area contributed by atoms with Crippen LogP contribution in [0.3, 0.4) is 0 Å². The molecule has 178 valence electrons. The van der Waals surface area contributed by atoms with Crippen molar-refractivity contribution in [3.05, 3.63) is 64.7 Å². The van der Waals surface area contributed by atoms with Gasteiger partial charge in [-0.2, -0.15) is 0 Å². The Kier molecular flexibility index (Phi) is 9.94. The van der Waals surface area contributed by atoms with E-state index in [0.29, 0.717) is 11.4 Å². The number of amides is 1. The first-order valence-electron chi connectivity index (χ1n) is 10.4. The molecular formula is C22H29N4O5PS. The van der Waals surface area contributed by atoms with E-state index >= 15 is 0 Å². The number of carbonyl (C=O) groups is 1. The van der Waals surface area contributed by atoms with Crippen molar-refractivity contribution < 1.29 is 18.8 Å². The van der Waals surface area contributed by atoms with Gasteiger partial charge in [-0.15, -0.1) is 0 Å². The number of carbonyl (C=O) groups excluding carboxylic acids is 1. The van der Waals surface area contributed by atoms with E-state index in [0.717, 1.165) is 11.4 Å². The minimum absolute atomic E-state index is 0.0916. The fourth-order valence-corrected chi connectivity index (χ4v) is 6.88. The lowest BCUT2D eigenvalue weighted by Gasteiger charge is -2.29. The Balaban J connectivity index is 2.38. The third kappa shape index (κ3) is 8.55. The van der Waals surface area contributed by atoms with Crippen molar-refractivity contribution in [2.24, 2.45) is 10.9 Å². The second-order valence-electron chi connectivity index (χ2n) is 7.78. The largest absolute Gasteiger partial charge is 0.422 e. The minimum Gasteiger partial charge on any atom is -0.422 e. The van der Waals surface area contributed by atoms with Crippen LogP contribution in [0.2, 0.25) is 0 Å². The van der Waals surface area contributed by atoms with Crippen LogP contribution < -0.4 is 4.52 Å². The molecule has 11 heteroatoms. The van der Waals surface area contributed by atoms with Crippen molar-refractivity contribution in [3.63, 3.8) is 0 Å². The molecule has 0 saturated heterocycles. The van der Waals surface area contributed by atoms with Gasteiger partial charge in [-0.05, 0) is 41.6 Å². The summed E-state index contributed by atoms with van der Waals surface area (Å²) in [6.07, 6.45) is 1.56. The zero-order chi connectivity index (χ0) is 24.4. The Bertz CT molecular complexity index is 1000. The van der Waals surface area contributed by atoms with Crippen molar-refractivity contribution in [3.8, 4) is 5.75 Å². The number of non-ortho nitro benzene ring substituents is 1. The molecule has 1 unspecified atom stereocenters. The predicted octanol–water partition coefficient (Wildman–Crippen LogP) is 5.61.